The maximum Gasteiger partial charge on any atom is 0.312 e. The summed E-state index contributed by atoms with van der Waals surface area (Å²) in [4.78, 5) is 11.7. The number of hydrogen-bond acceptors (Lipinski definition) is 7. The van der Waals surface area contributed by atoms with E-state index in [4.69, 9.17) is 8.83 Å². The lowest BCUT2D eigenvalue weighted by atomic mass is 10.4. The first-order valence-corrected chi connectivity index (χ1v) is 4.96. The lowest BCUT2D eigenvalue weighted by Gasteiger charge is -1.83. The molecule has 0 aliphatic heterocycles. The van der Waals surface area contributed by atoms with Gasteiger partial charge in [-0.25, -0.2) is 15.1 Å². The Hall–Kier alpha value is -2.90. The second kappa shape index (κ2) is 4.17. The number of rotatable bonds is 3. The van der Waals surface area contributed by atoms with Crippen molar-refractivity contribution in [3.8, 4) is 17.6 Å². The largest absolute Gasteiger partial charge is 0.479 e. The molecule has 0 atom stereocenters. The Morgan fingerprint density at radius 1 is 1.44 bits per heavy atom. The van der Waals surface area contributed by atoms with Crippen LogP contribution in [0.25, 0.3) is 11.7 Å². The number of hydrogen-bond donors (Lipinski definition) is 2. The van der Waals surface area contributed by atoms with Crippen molar-refractivity contribution in [1.82, 2.24) is 20.2 Å². The third-order valence-corrected chi connectivity index (χ3v) is 2.08. The molecule has 0 saturated heterocycles. The van der Waals surface area contributed by atoms with Crippen LogP contribution in [0.4, 0.5) is 5.95 Å². The van der Waals surface area contributed by atoms with Crippen molar-refractivity contribution in [3.63, 3.8) is 0 Å². The van der Waals surface area contributed by atoms with Crippen molar-refractivity contribution in [2.45, 2.75) is 0 Å². The molecule has 0 aliphatic rings. The fourth-order valence-corrected chi connectivity index (χ4v) is 1.30. The quantitative estimate of drug-likeness (QED) is 0.676. The van der Waals surface area contributed by atoms with Gasteiger partial charge in [0.05, 0.1) is 12.5 Å². The van der Waals surface area contributed by atoms with E-state index in [2.05, 4.69) is 25.2 Å². The minimum atomic E-state index is -0.343. The summed E-state index contributed by atoms with van der Waals surface area (Å²) in [6.07, 6.45) is 4.12. The number of aromatic hydroxyl groups is 1. The van der Waals surface area contributed by atoms with Crippen LogP contribution in [0.3, 0.4) is 0 Å². The van der Waals surface area contributed by atoms with Crippen LogP contribution in [0.2, 0.25) is 0 Å². The van der Waals surface area contributed by atoms with Crippen LogP contribution in [0.1, 0.15) is 5.69 Å². The van der Waals surface area contributed by atoms with E-state index >= 15 is 0 Å². The number of oxazole rings is 1. The van der Waals surface area contributed by atoms with Crippen LogP contribution >= 0.6 is 0 Å². The molecule has 90 valence electrons. The van der Waals surface area contributed by atoms with Crippen LogP contribution in [-0.2, 0) is 0 Å². The highest BCUT2D eigenvalue weighted by Crippen LogP contribution is 2.25. The standard InChI is InChI=1S/C10H7N5O3/c16-9-6(4-11-10-12-5-13-15-10)14-8(18-9)7-2-1-3-17-7/h1-5,16H,(H,12,13,15)/b11-4+. The fourth-order valence-electron chi connectivity index (χ4n) is 1.30. The number of aliphatic imine (C=N–C) groups is 1. The molecule has 0 bridgehead atoms. The number of aromatic nitrogens is 4. The number of nitrogens with one attached hydrogen (secondary N) is 1. The summed E-state index contributed by atoms with van der Waals surface area (Å²) >= 11 is 0. The van der Waals surface area contributed by atoms with E-state index in [-0.39, 0.29) is 17.5 Å². The minimum Gasteiger partial charge on any atom is -0.479 e. The Bertz CT molecular complexity index is 654. The van der Waals surface area contributed by atoms with E-state index in [1.165, 1.54) is 18.8 Å². The van der Waals surface area contributed by atoms with Crippen LogP contribution in [0.15, 0.2) is 38.5 Å². The van der Waals surface area contributed by atoms with Gasteiger partial charge in [-0.2, -0.15) is 10.1 Å². The molecule has 0 fully saturated rings. The molecule has 0 aromatic carbocycles. The molecule has 0 spiro atoms. The fraction of sp³-hybridized carbons (Fsp3) is 0. The van der Waals surface area contributed by atoms with Gasteiger partial charge in [0.25, 0.3) is 5.89 Å². The Morgan fingerprint density at radius 2 is 2.39 bits per heavy atom. The van der Waals surface area contributed by atoms with Crippen LogP contribution in [-0.4, -0.2) is 31.5 Å². The summed E-state index contributed by atoms with van der Waals surface area (Å²) in [6, 6.07) is 3.36. The maximum absolute atomic E-state index is 9.55. The average molecular weight is 245 g/mol. The molecule has 3 aromatic rings. The molecule has 2 N–H and O–H groups in total. The van der Waals surface area contributed by atoms with Gasteiger partial charge in [-0.15, -0.1) is 0 Å². The zero-order chi connectivity index (χ0) is 12.4. The molecule has 0 unspecified atom stereocenters. The summed E-state index contributed by atoms with van der Waals surface area (Å²) in [5, 5.41) is 15.7. The monoisotopic (exact) mass is 245 g/mol. The van der Waals surface area contributed by atoms with Crippen molar-refractivity contribution < 1.29 is 13.9 Å². The van der Waals surface area contributed by atoms with Crippen molar-refractivity contribution in [2.75, 3.05) is 0 Å². The van der Waals surface area contributed by atoms with Gasteiger partial charge in [0.15, 0.2) is 11.5 Å². The number of furan rings is 1. The molecule has 3 rings (SSSR count). The summed E-state index contributed by atoms with van der Waals surface area (Å²) in [5.41, 5.74) is 0.179. The van der Waals surface area contributed by atoms with Gasteiger partial charge in [-0.3, -0.25) is 0 Å². The molecule has 3 heterocycles. The molecule has 18 heavy (non-hydrogen) atoms. The van der Waals surface area contributed by atoms with Crippen LogP contribution in [0, 0.1) is 0 Å². The number of aromatic amines is 1. The lowest BCUT2D eigenvalue weighted by Crippen LogP contribution is -1.82. The number of H-pyrrole nitrogens is 1. The topological polar surface area (TPSA) is 113 Å². The van der Waals surface area contributed by atoms with Gasteiger partial charge in [0, 0.05) is 0 Å². The third-order valence-electron chi connectivity index (χ3n) is 2.08. The zero-order valence-electron chi connectivity index (χ0n) is 8.94. The maximum atomic E-state index is 9.55. The SMILES string of the molecule is Oc1oc(-c2ccco2)nc1/C=N/c1ncn[nH]1. The first-order chi connectivity index (χ1) is 8.83. The lowest BCUT2D eigenvalue weighted by molar-refractivity contribution is 0.333. The van der Waals surface area contributed by atoms with E-state index in [9.17, 15) is 5.11 Å². The summed E-state index contributed by atoms with van der Waals surface area (Å²) < 4.78 is 10.1. The van der Waals surface area contributed by atoms with E-state index in [1.807, 2.05) is 0 Å². The predicted molar refractivity (Wildman–Crippen MR) is 59.5 cm³/mol. The van der Waals surface area contributed by atoms with Crippen molar-refractivity contribution >= 4 is 12.2 Å². The molecular formula is C10H7N5O3. The predicted octanol–water partition coefficient (Wildman–Crippen LogP) is 1.51. The van der Waals surface area contributed by atoms with Crippen molar-refractivity contribution in [2.24, 2.45) is 4.99 Å². The molecular weight excluding hydrogens is 238 g/mol. The van der Waals surface area contributed by atoms with E-state index in [1.54, 1.807) is 12.1 Å². The van der Waals surface area contributed by atoms with Gasteiger partial charge < -0.3 is 13.9 Å². The first kappa shape index (κ1) is 10.3. The highest BCUT2D eigenvalue weighted by atomic mass is 16.5. The van der Waals surface area contributed by atoms with Crippen molar-refractivity contribution in [1.29, 1.82) is 0 Å². The van der Waals surface area contributed by atoms with Gasteiger partial charge in [-0.1, -0.05) is 0 Å². The Morgan fingerprint density at radius 3 is 3.11 bits per heavy atom. The van der Waals surface area contributed by atoms with Crippen LogP contribution in [0.5, 0.6) is 5.95 Å². The molecule has 8 nitrogen and oxygen atoms in total. The summed E-state index contributed by atoms with van der Waals surface area (Å²) in [5.74, 6) is 0.558. The second-order valence-electron chi connectivity index (χ2n) is 3.25. The highest BCUT2D eigenvalue weighted by Gasteiger charge is 2.14. The Labute approximate surface area is 100 Å². The van der Waals surface area contributed by atoms with Gasteiger partial charge >= 0.3 is 5.95 Å². The third kappa shape index (κ3) is 1.86. The molecule has 0 aliphatic carbocycles. The normalized spacial score (nSPS) is 11.3. The molecule has 0 radical (unpaired) electrons. The molecule has 3 aromatic heterocycles. The first-order valence-electron chi connectivity index (χ1n) is 4.96. The molecule has 8 heteroatoms. The van der Waals surface area contributed by atoms with E-state index in [0.29, 0.717) is 11.7 Å². The van der Waals surface area contributed by atoms with Crippen LogP contribution < -0.4 is 0 Å². The van der Waals surface area contributed by atoms with Gasteiger partial charge in [-0.05, 0) is 12.1 Å². The van der Waals surface area contributed by atoms with Crippen molar-refractivity contribution in [3.05, 3.63) is 30.4 Å². The Balaban J connectivity index is 1.89. The Kier molecular flexibility index (Phi) is 2.38. The van der Waals surface area contributed by atoms with Gasteiger partial charge in [0.2, 0.25) is 5.95 Å². The van der Waals surface area contributed by atoms with Gasteiger partial charge in [0.1, 0.15) is 6.33 Å². The molecule has 0 amide bonds. The average Bonchev–Trinajstić information content (AvgIpc) is 3.09. The second-order valence-corrected chi connectivity index (χ2v) is 3.25. The summed E-state index contributed by atoms with van der Waals surface area (Å²) in [7, 11) is 0. The minimum absolute atomic E-state index is 0.177. The highest BCUT2D eigenvalue weighted by molar-refractivity contribution is 5.81. The smallest absolute Gasteiger partial charge is 0.312 e. The zero-order valence-corrected chi connectivity index (χ0v) is 8.94. The summed E-state index contributed by atoms with van der Waals surface area (Å²) in [6.45, 7) is 0. The van der Waals surface area contributed by atoms with E-state index in [0.717, 1.165) is 0 Å². The molecule has 0 saturated carbocycles. The van der Waals surface area contributed by atoms with E-state index < -0.39 is 0 Å². The number of nitrogens with zero attached hydrogens (tertiary/aromatic N) is 4.